The van der Waals surface area contributed by atoms with Gasteiger partial charge in [0, 0.05) is 0 Å². The summed E-state index contributed by atoms with van der Waals surface area (Å²) < 4.78 is 17.6. The van der Waals surface area contributed by atoms with Gasteiger partial charge in [-0.15, -0.1) is 0 Å². The van der Waals surface area contributed by atoms with Gasteiger partial charge in [-0.1, -0.05) is 51.7 Å². The lowest BCUT2D eigenvalue weighted by atomic mass is 10.1. The van der Waals surface area contributed by atoms with Crippen LogP contribution in [0.3, 0.4) is 0 Å². The molecule has 0 aliphatic carbocycles. The van der Waals surface area contributed by atoms with E-state index in [1.54, 1.807) is 0 Å². The zero-order chi connectivity index (χ0) is 15.6. The van der Waals surface area contributed by atoms with E-state index in [0.717, 1.165) is 31.6 Å². The first-order valence-electron chi connectivity index (χ1n) is 8.79. The molecule has 22 heavy (non-hydrogen) atoms. The lowest BCUT2D eigenvalue weighted by Gasteiger charge is -2.29. The van der Waals surface area contributed by atoms with E-state index in [1.807, 2.05) is 12.1 Å². The minimum Gasteiger partial charge on any atom is -0.494 e. The van der Waals surface area contributed by atoms with Crippen LogP contribution in [-0.4, -0.2) is 25.9 Å². The Bertz CT molecular complexity index is 394. The Morgan fingerprint density at radius 3 is 2.41 bits per heavy atom. The molecule has 1 saturated heterocycles. The maximum atomic E-state index is 5.93. The quantitative estimate of drug-likeness (QED) is 0.607. The van der Waals surface area contributed by atoms with Gasteiger partial charge in [0.25, 0.3) is 0 Å². The summed E-state index contributed by atoms with van der Waals surface area (Å²) in [6.07, 6.45) is 7.49. The summed E-state index contributed by atoms with van der Waals surface area (Å²) >= 11 is 0. The largest absolute Gasteiger partial charge is 0.494 e. The Balaban J connectivity index is 1.72. The van der Waals surface area contributed by atoms with Crippen molar-refractivity contribution in [2.75, 3.05) is 19.8 Å². The molecule has 124 valence electrons. The summed E-state index contributed by atoms with van der Waals surface area (Å²) in [5.41, 5.74) is 1.17. The van der Waals surface area contributed by atoms with Crippen molar-refractivity contribution < 1.29 is 14.2 Å². The van der Waals surface area contributed by atoms with E-state index < -0.39 is 0 Å². The third-order valence-corrected chi connectivity index (χ3v) is 4.10. The maximum Gasteiger partial charge on any atom is 0.119 e. The van der Waals surface area contributed by atoms with Crippen LogP contribution in [0.15, 0.2) is 24.3 Å². The molecule has 3 nitrogen and oxygen atoms in total. The van der Waals surface area contributed by atoms with Gasteiger partial charge in [0.05, 0.1) is 25.9 Å². The third kappa shape index (κ3) is 5.62. The Hall–Kier alpha value is -1.06. The van der Waals surface area contributed by atoms with Crippen molar-refractivity contribution in [3.8, 4) is 5.75 Å². The van der Waals surface area contributed by atoms with Crippen LogP contribution in [0.1, 0.15) is 64.0 Å². The fourth-order valence-electron chi connectivity index (χ4n) is 2.72. The molecular weight excluding hydrogens is 276 g/mol. The molecule has 0 radical (unpaired) electrons. The highest BCUT2D eigenvalue weighted by Gasteiger charge is 2.22. The van der Waals surface area contributed by atoms with Crippen molar-refractivity contribution in [3.63, 3.8) is 0 Å². The summed E-state index contributed by atoms with van der Waals surface area (Å²) in [5.74, 6) is 0.945. The summed E-state index contributed by atoms with van der Waals surface area (Å²) in [4.78, 5) is 0. The molecule has 0 saturated carbocycles. The summed E-state index contributed by atoms with van der Waals surface area (Å²) in [5, 5.41) is 0. The van der Waals surface area contributed by atoms with Gasteiger partial charge in [-0.05, 0) is 30.5 Å². The predicted octanol–water partition coefficient (Wildman–Crippen LogP) is 4.90. The average molecular weight is 306 g/mol. The van der Waals surface area contributed by atoms with Gasteiger partial charge in [-0.25, -0.2) is 0 Å². The van der Waals surface area contributed by atoms with Gasteiger partial charge in [0.2, 0.25) is 0 Å². The first-order valence-corrected chi connectivity index (χ1v) is 8.79. The van der Waals surface area contributed by atoms with Crippen molar-refractivity contribution in [2.45, 2.75) is 64.6 Å². The number of ether oxygens (including phenoxy) is 3. The van der Waals surface area contributed by atoms with Crippen LogP contribution < -0.4 is 4.74 Å². The highest BCUT2D eigenvalue weighted by molar-refractivity contribution is 5.28. The Morgan fingerprint density at radius 1 is 0.955 bits per heavy atom. The molecule has 0 unspecified atom stereocenters. The van der Waals surface area contributed by atoms with E-state index in [4.69, 9.17) is 14.2 Å². The van der Waals surface area contributed by atoms with E-state index in [1.165, 1.54) is 24.8 Å². The van der Waals surface area contributed by atoms with Crippen LogP contribution in [0.2, 0.25) is 0 Å². The molecule has 0 spiro atoms. The standard InChI is InChI=1S/C19H30O3/c1-3-5-6-7-13-20-17-11-9-16(10-12-17)19-15-21-18(8-4-2)14-22-19/h9-12,18-19H,3-8,13-15H2,1-2H3/t18-,19-/m0/s1. The minimum absolute atomic E-state index is 0.0618. The Kier molecular flexibility index (Phi) is 7.75. The third-order valence-electron chi connectivity index (χ3n) is 4.10. The maximum absolute atomic E-state index is 5.93. The van der Waals surface area contributed by atoms with Crippen LogP contribution in [0.4, 0.5) is 0 Å². The number of hydrogen-bond acceptors (Lipinski definition) is 3. The van der Waals surface area contributed by atoms with Gasteiger partial charge in [0.1, 0.15) is 11.9 Å². The normalized spacial score (nSPS) is 21.7. The molecule has 1 fully saturated rings. The fourth-order valence-corrected chi connectivity index (χ4v) is 2.72. The van der Waals surface area contributed by atoms with Crippen molar-refractivity contribution in [3.05, 3.63) is 29.8 Å². The Morgan fingerprint density at radius 2 is 1.77 bits per heavy atom. The second-order valence-electron chi connectivity index (χ2n) is 6.04. The smallest absolute Gasteiger partial charge is 0.119 e. The van der Waals surface area contributed by atoms with E-state index in [9.17, 15) is 0 Å². The number of hydrogen-bond donors (Lipinski definition) is 0. The highest BCUT2D eigenvalue weighted by atomic mass is 16.6. The van der Waals surface area contributed by atoms with Crippen molar-refractivity contribution in [1.82, 2.24) is 0 Å². The molecule has 0 bridgehead atoms. The van der Waals surface area contributed by atoms with E-state index in [0.29, 0.717) is 13.2 Å². The molecular formula is C19H30O3. The van der Waals surface area contributed by atoms with Gasteiger partial charge in [-0.2, -0.15) is 0 Å². The van der Waals surface area contributed by atoms with Gasteiger partial charge < -0.3 is 14.2 Å². The van der Waals surface area contributed by atoms with Gasteiger partial charge >= 0.3 is 0 Å². The van der Waals surface area contributed by atoms with Crippen LogP contribution in [-0.2, 0) is 9.47 Å². The molecule has 0 aromatic heterocycles. The zero-order valence-electron chi connectivity index (χ0n) is 14.1. The lowest BCUT2D eigenvalue weighted by Crippen LogP contribution is -2.30. The average Bonchev–Trinajstić information content (AvgIpc) is 2.56. The molecule has 3 heteroatoms. The summed E-state index contributed by atoms with van der Waals surface area (Å²) in [7, 11) is 0. The molecule has 0 N–H and O–H groups in total. The van der Waals surface area contributed by atoms with E-state index >= 15 is 0 Å². The summed E-state index contributed by atoms with van der Waals surface area (Å²) in [6.45, 7) is 6.56. The van der Waals surface area contributed by atoms with Gasteiger partial charge in [0.15, 0.2) is 0 Å². The number of unbranched alkanes of at least 4 members (excludes halogenated alkanes) is 3. The number of rotatable bonds is 9. The molecule has 1 heterocycles. The van der Waals surface area contributed by atoms with Crippen molar-refractivity contribution >= 4 is 0 Å². The number of benzene rings is 1. The fraction of sp³-hybridized carbons (Fsp3) is 0.684. The van der Waals surface area contributed by atoms with Crippen LogP contribution in [0.5, 0.6) is 5.75 Å². The zero-order valence-corrected chi connectivity index (χ0v) is 14.1. The van der Waals surface area contributed by atoms with Crippen molar-refractivity contribution in [2.24, 2.45) is 0 Å². The molecule has 2 atom stereocenters. The van der Waals surface area contributed by atoms with E-state index in [-0.39, 0.29) is 12.2 Å². The summed E-state index contributed by atoms with van der Waals surface area (Å²) in [6, 6.07) is 8.26. The monoisotopic (exact) mass is 306 g/mol. The molecule has 1 aliphatic heterocycles. The first kappa shape index (κ1) is 17.3. The molecule has 1 aromatic carbocycles. The SMILES string of the molecule is CCCCCCOc1ccc([C@@H]2CO[C@@H](CCC)CO2)cc1. The minimum atomic E-state index is 0.0618. The Labute approximate surface area is 135 Å². The molecule has 1 aliphatic rings. The van der Waals surface area contributed by atoms with Crippen molar-refractivity contribution in [1.29, 1.82) is 0 Å². The predicted molar refractivity (Wildman–Crippen MR) is 89.4 cm³/mol. The second-order valence-corrected chi connectivity index (χ2v) is 6.04. The first-order chi connectivity index (χ1) is 10.8. The highest BCUT2D eigenvalue weighted by Crippen LogP contribution is 2.26. The van der Waals surface area contributed by atoms with Crippen LogP contribution in [0, 0.1) is 0 Å². The molecule has 2 rings (SSSR count). The second kappa shape index (κ2) is 9.86. The lowest BCUT2D eigenvalue weighted by molar-refractivity contribution is -0.137. The van der Waals surface area contributed by atoms with Crippen LogP contribution >= 0.6 is 0 Å². The van der Waals surface area contributed by atoms with E-state index in [2.05, 4.69) is 26.0 Å². The van der Waals surface area contributed by atoms with Gasteiger partial charge in [-0.3, -0.25) is 0 Å². The topological polar surface area (TPSA) is 27.7 Å². The molecule has 1 aromatic rings. The molecule has 0 amide bonds. The van der Waals surface area contributed by atoms with Crippen LogP contribution in [0.25, 0.3) is 0 Å².